The smallest absolute Gasteiger partial charge is 0.121 e. The highest BCUT2D eigenvalue weighted by Crippen LogP contribution is 2.32. The molecule has 1 aliphatic carbocycles. The number of fused-ring (bicyclic) bond motifs is 1. The van der Waals surface area contributed by atoms with Crippen LogP contribution < -0.4 is 10.5 Å². The van der Waals surface area contributed by atoms with Crippen LogP contribution in [0.2, 0.25) is 0 Å². The fourth-order valence-corrected chi connectivity index (χ4v) is 2.82. The molecule has 0 heterocycles. The van der Waals surface area contributed by atoms with E-state index in [-0.39, 0.29) is 12.6 Å². The largest absolute Gasteiger partial charge is 0.490 e. The first-order valence-corrected chi connectivity index (χ1v) is 7.35. The number of nitrogens with two attached hydrogens (primary N) is 1. The van der Waals surface area contributed by atoms with Crippen LogP contribution in [0.15, 0.2) is 48.5 Å². The lowest BCUT2D eigenvalue weighted by molar-refractivity contribution is 0.00757. The number of hydrogen-bond donors (Lipinski definition) is 2. The molecule has 3 rings (SSSR count). The number of rotatable bonds is 4. The lowest BCUT2D eigenvalue weighted by Crippen LogP contribution is -2.29. The van der Waals surface area contributed by atoms with E-state index in [1.54, 1.807) is 6.92 Å². The van der Waals surface area contributed by atoms with Gasteiger partial charge < -0.3 is 15.6 Å². The summed E-state index contributed by atoms with van der Waals surface area (Å²) < 4.78 is 5.79. The normalized spacial score (nSPS) is 19.9. The van der Waals surface area contributed by atoms with Gasteiger partial charge in [-0.15, -0.1) is 0 Å². The van der Waals surface area contributed by atoms with E-state index in [0.29, 0.717) is 0 Å². The highest BCUT2D eigenvalue weighted by atomic mass is 16.5. The molecule has 1 aliphatic rings. The van der Waals surface area contributed by atoms with Gasteiger partial charge in [0.15, 0.2) is 0 Å². The van der Waals surface area contributed by atoms with Crippen molar-refractivity contribution >= 4 is 0 Å². The Morgan fingerprint density at radius 1 is 1.24 bits per heavy atom. The molecule has 3 nitrogen and oxygen atoms in total. The van der Waals surface area contributed by atoms with Gasteiger partial charge in [-0.2, -0.15) is 0 Å². The number of aliphatic hydroxyl groups is 1. The van der Waals surface area contributed by atoms with Crippen LogP contribution in [0.4, 0.5) is 0 Å². The van der Waals surface area contributed by atoms with Gasteiger partial charge >= 0.3 is 0 Å². The molecule has 0 spiro atoms. The van der Waals surface area contributed by atoms with Crippen molar-refractivity contribution in [1.82, 2.24) is 0 Å². The molecular formula is C18H21NO2. The average Bonchev–Trinajstić information content (AvgIpc) is 2.87. The monoisotopic (exact) mass is 283 g/mol. The Morgan fingerprint density at radius 2 is 2.00 bits per heavy atom. The van der Waals surface area contributed by atoms with E-state index < -0.39 is 5.60 Å². The van der Waals surface area contributed by atoms with E-state index >= 15 is 0 Å². The minimum absolute atomic E-state index is 0.154. The second-order valence-corrected chi connectivity index (χ2v) is 5.93. The molecule has 2 aromatic carbocycles. The summed E-state index contributed by atoms with van der Waals surface area (Å²) in [4.78, 5) is 0. The summed E-state index contributed by atoms with van der Waals surface area (Å²) in [5.41, 5.74) is 8.37. The molecule has 3 N–H and O–H groups in total. The second-order valence-electron chi connectivity index (χ2n) is 5.93. The van der Waals surface area contributed by atoms with E-state index in [1.807, 2.05) is 48.5 Å². The standard InChI is InChI=1S/C18H21NO2/c1-18(20,14-5-3-2-4-6-14)12-21-15-8-9-16-13(11-15)7-10-17(16)19/h2-6,8-9,11,17,20H,7,10,12,19H2,1H3/t17-,18?/m1/s1. The highest BCUT2D eigenvalue weighted by Gasteiger charge is 2.24. The maximum absolute atomic E-state index is 10.5. The third-order valence-corrected chi connectivity index (χ3v) is 4.15. The van der Waals surface area contributed by atoms with Crippen LogP contribution in [-0.4, -0.2) is 11.7 Å². The zero-order valence-electron chi connectivity index (χ0n) is 12.3. The van der Waals surface area contributed by atoms with Gasteiger partial charge in [0.1, 0.15) is 18.0 Å². The van der Waals surface area contributed by atoms with E-state index in [9.17, 15) is 5.11 Å². The van der Waals surface area contributed by atoms with Crippen LogP contribution in [0.25, 0.3) is 0 Å². The summed E-state index contributed by atoms with van der Waals surface area (Å²) in [6.07, 6.45) is 2.00. The quantitative estimate of drug-likeness (QED) is 0.907. The minimum atomic E-state index is -1.00. The first kappa shape index (κ1) is 14.1. The molecule has 3 heteroatoms. The third kappa shape index (κ3) is 2.94. The molecule has 21 heavy (non-hydrogen) atoms. The van der Waals surface area contributed by atoms with Crippen LogP contribution in [-0.2, 0) is 12.0 Å². The van der Waals surface area contributed by atoms with Crippen molar-refractivity contribution in [2.45, 2.75) is 31.4 Å². The van der Waals surface area contributed by atoms with Crippen LogP contribution >= 0.6 is 0 Å². The maximum atomic E-state index is 10.5. The summed E-state index contributed by atoms with van der Waals surface area (Å²) in [6, 6.07) is 15.8. The van der Waals surface area contributed by atoms with Crippen molar-refractivity contribution in [3.63, 3.8) is 0 Å². The average molecular weight is 283 g/mol. The molecule has 0 fully saturated rings. The summed E-state index contributed by atoms with van der Waals surface area (Å²) >= 11 is 0. The number of ether oxygens (including phenoxy) is 1. The molecule has 0 amide bonds. The first-order valence-electron chi connectivity index (χ1n) is 7.35. The van der Waals surface area contributed by atoms with Gasteiger partial charge in [-0.05, 0) is 48.6 Å². The van der Waals surface area contributed by atoms with Crippen LogP contribution in [0.3, 0.4) is 0 Å². The Kier molecular flexibility index (Phi) is 3.70. The van der Waals surface area contributed by atoms with Crippen LogP contribution in [0.1, 0.15) is 36.1 Å². The van der Waals surface area contributed by atoms with Crippen molar-refractivity contribution in [2.24, 2.45) is 5.73 Å². The van der Waals surface area contributed by atoms with Gasteiger partial charge in [0, 0.05) is 6.04 Å². The molecule has 0 aromatic heterocycles. The Labute approximate surface area is 125 Å². The zero-order valence-corrected chi connectivity index (χ0v) is 12.3. The van der Waals surface area contributed by atoms with Crippen molar-refractivity contribution in [3.05, 3.63) is 65.2 Å². The molecule has 1 unspecified atom stereocenters. The third-order valence-electron chi connectivity index (χ3n) is 4.15. The van der Waals surface area contributed by atoms with Gasteiger partial charge in [0.05, 0.1) is 0 Å². The topological polar surface area (TPSA) is 55.5 Å². The number of benzene rings is 2. The Hall–Kier alpha value is -1.84. The molecule has 0 saturated carbocycles. The summed E-state index contributed by atoms with van der Waals surface area (Å²) in [5, 5.41) is 10.5. The summed E-state index contributed by atoms with van der Waals surface area (Å²) in [6.45, 7) is 1.99. The molecule has 110 valence electrons. The van der Waals surface area contributed by atoms with E-state index in [2.05, 4.69) is 0 Å². The Bertz CT molecular complexity index is 622. The lowest BCUT2D eigenvalue weighted by Gasteiger charge is -2.24. The van der Waals surface area contributed by atoms with Crippen molar-refractivity contribution in [3.8, 4) is 5.75 Å². The molecule has 2 aromatic rings. The van der Waals surface area contributed by atoms with Crippen LogP contribution in [0, 0.1) is 0 Å². The maximum Gasteiger partial charge on any atom is 0.121 e. The van der Waals surface area contributed by atoms with E-state index in [1.165, 1.54) is 11.1 Å². The molecule has 0 radical (unpaired) electrons. The predicted octanol–water partition coefficient (Wildman–Crippen LogP) is 2.92. The van der Waals surface area contributed by atoms with Gasteiger partial charge in [-0.3, -0.25) is 0 Å². The van der Waals surface area contributed by atoms with Crippen molar-refractivity contribution in [1.29, 1.82) is 0 Å². The Balaban J connectivity index is 1.71. The molecule has 2 atom stereocenters. The minimum Gasteiger partial charge on any atom is -0.490 e. The van der Waals surface area contributed by atoms with Gasteiger partial charge in [-0.25, -0.2) is 0 Å². The van der Waals surface area contributed by atoms with E-state index in [0.717, 1.165) is 24.2 Å². The second kappa shape index (κ2) is 5.51. The SMILES string of the molecule is CC(O)(COc1ccc2c(c1)CC[C@H]2N)c1ccccc1. The molecule has 0 saturated heterocycles. The van der Waals surface area contributed by atoms with Crippen molar-refractivity contribution < 1.29 is 9.84 Å². The number of aryl methyl sites for hydroxylation is 1. The fourth-order valence-electron chi connectivity index (χ4n) is 2.82. The van der Waals surface area contributed by atoms with Gasteiger partial charge in [-0.1, -0.05) is 36.4 Å². The molecule has 0 aliphatic heterocycles. The van der Waals surface area contributed by atoms with Crippen LogP contribution in [0.5, 0.6) is 5.75 Å². The van der Waals surface area contributed by atoms with E-state index in [4.69, 9.17) is 10.5 Å². The number of hydrogen-bond acceptors (Lipinski definition) is 3. The van der Waals surface area contributed by atoms with Gasteiger partial charge in [0.25, 0.3) is 0 Å². The summed E-state index contributed by atoms with van der Waals surface area (Å²) in [5.74, 6) is 0.791. The summed E-state index contributed by atoms with van der Waals surface area (Å²) in [7, 11) is 0. The predicted molar refractivity (Wildman–Crippen MR) is 83.2 cm³/mol. The Morgan fingerprint density at radius 3 is 2.76 bits per heavy atom. The van der Waals surface area contributed by atoms with Gasteiger partial charge in [0.2, 0.25) is 0 Å². The molecule has 0 bridgehead atoms. The lowest BCUT2D eigenvalue weighted by atomic mass is 9.97. The molecular weight excluding hydrogens is 262 g/mol. The highest BCUT2D eigenvalue weighted by molar-refractivity contribution is 5.40. The van der Waals surface area contributed by atoms with Crippen molar-refractivity contribution in [2.75, 3.05) is 6.61 Å². The fraction of sp³-hybridized carbons (Fsp3) is 0.333. The first-order chi connectivity index (χ1) is 10.1. The zero-order chi connectivity index (χ0) is 14.9.